The van der Waals surface area contributed by atoms with Crippen molar-refractivity contribution in [1.29, 1.82) is 0 Å². The SMILES string of the molecule is CC=C(C)C(=O)OC1C(C)OC(OC2C3OC(CO)C(O)C2OC2OC(COC4OC(CO)C(O)C(O)C4OC(=O)CCCCCCCCCC(CCCCC)OC4OC(C)C(O)C(O)C4O3)C(OC(=O)C(C)CC)C(OC(=O)C(C)CC)C2O)C(O)C1OC(=O)C(C)C(C)O. The van der Waals surface area contributed by atoms with E-state index >= 15 is 0 Å². The second-order valence-electron chi connectivity index (χ2n) is 26.4. The van der Waals surface area contributed by atoms with E-state index in [1.807, 2.05) is 6.92 Å². The van der Waals surface area contributed by atoms with E-state index < -0.39 is 233 Å². The summed E-state index contributed by atoms with van der Waals surface area (Å²) in [6, 6.07) is 0. The third-order valence-corrected chi connectivity index (χ3v) is 19.1. The fourth-order valence-corrected chi connectivity index (χ4v) is 11.9. The summed E-state index contributed by atoms with van der Waals surface area (Å²) in [6.45, 7) is 14.4. The molecule has 0 aromatic heterocycles. The number of aliphatic hydroxyl groups excluding tert-OH is 10. The van der Waals surface area contributed by atoms with Crippen molar-refractivity contribution in [1.82, 2.24) is 0 Å². The van der Waals surface area contributed by atoms with Crippen molar-refractivity contribution in [2.45, 2.75) is 338 Å². The summed E-state index contributed by atoms with van der Waals surface area (Å²) < 4.78 is 93.9. The molecule has 6 fully saturated rings. The fraction of sp³-hybridized carbons (Fsp3) is 0.894. The molecule has 30 heteroatoms. The van der Waals surface area contributed by atoms with Crippen LogP contribution in [0, 0.1) is 17.8 Å². The number of unbranched alkanes of at least 4 members (excludes halogenated alkanes) is 2. The molecule has 0 saturated carbocycles. The van der Waals surface area contributed by atoms with E-state index in [2.05, 4.69) is 0 Å². The zero-order valence-corrected chi connectivity index (χ0v) is 57.3. The molecule has 30 atom stereocenters. The molecule has 0 aromatic carbocycles. The Bertz CT molecular complexity index is 2420. The topological polar surface area (TPSA) is 426 Å². The van der Waals surface area contributed by atoms with Gasteiger partial charge in [0.25, 0.3) is 0 Å². The Hall–Kier alpha value is -3.71. The third kappa shape index (κ3) is 21.2. The fourth-order valence-electron chi connectivity index (χ4n) is 11.9. The van der Waals surface area contributed by atoms with Crippen LogP contribution in [0.1, 0.15) is 172 Å². The summed E-state index contributed by atoms with van der Waals surface area (Å²) in [5.41, 5.74) is 0.122. The molecule has 96 heavy (non-hydrogen) atoms. The summed E-state index contributed by atoms with van der Waals surface area (Å²) in [5.74, 6) is -7.38. The van der Waals surface area contributed by atoms with Crippen molar-refractivity contribution >= 4 is 29.8 Å². The number of hydrogen-bond donors (Lipinski definition) is 10. The van der Waals surface area contributed by atoms with Crippen molar-refractivity contribution in [3.05, 3.63) is 11.6 Å². The smallest absolute Gasteiger partial charge is 0.333 e. The van der Waals surface area contributed by atoms with Crippen LogP contribution in [0.15, 0.2) is 11.6 Å². The van der Waals surface area contributed by atoms with Crippen LogP contribution in [-0.2, 0) is 95.0 Å². The molecule has 30 unspecified atom stereocenters. The molecule has 6 rings (SSSR count). The van der Waals surface area contributed by atoms with Gasteiger partial charge in [0, 0.05) is 12.0 Å². The number of aliphatic hydroxyl groups is 10. The number of fused-ring (bicyclic) bond motifs is 6. The van der Waals surface area contributed by atoms with Gasteiger partial charge in [0.1, 0.15) is 79.4 Å². The van der Waals surface area contributed by atoms with Gasteiger partial charge in [-0.05, 0) is 73.6 Å². The lowest BCUT2D eigenvalue weighted by Crippen LogP contribution is -2.69. The Morgan fingerprint density at radius 3 is 1.74 bits per heavy atom. The maximum absolute atomic E-state index is 14.0. The standard InChI is InChI=1S/C66H110O30/c1-12-16-22-25-38-26-23-20-18-17-19-21-24-27-42(70)89-55-47(75)44(72)39(28-67)86-64(55)82-30-41-51(91-59(79)32(6)14-3)54(92-60(80)33(7)15-4)49(77)63(88-41)94-52-45(73)40(29-68)87-66(95-56-46(74)43(71)36(10)83-65(56)85-38)57(52)96-62-48(76)53(93-61(81)34(8)35(9)69)50(37(11)84-62)90-58(78)31(5)13-2/h13,32-41,43-57,62-69,71-77H,12,14-30H2,1-11H3. The molecule has 6 aliphatic heterocycles. The van der Waals surface area contributed by atoms with Crippen molar-refractivity contribution in [2.75, 3.05) is 19.8 Å². The summed E-state index contributed by atoms with van der Waals surface area (Å²) >= 11 is 0. The lowest BCUT2D eigenvalue weighted by Gasteiger charge is -2.51. The van der Waals surface area contributed by atoms with Gasteiger partial charge in [-0.1, -0.05) is 98.5 Å². The van der Waals surface area contributed by atoms with E-state index in [9.17, 15) is 75.0 Å². The quantitative estimate of drug-likeness (QED) is 0.0379. The van der Waals surface area contributed by atoms with E-state index in [1.54, 1.807) is 27.7 Å². The number of hydrogen-bond acceptors (Lipinski definition) is 30. The van der Waals surface area contributed by atoms with Gasteiger partial charge in [0.05, 0.1) is 62.0 Å². The van der Waals surface area contributed by atoms with Gasteiger partial charge >= 0.3 is 29.8 Å². The highest BCUT2D eigenvalue weighted by Crippen LogP contribution is 2.40. The minimum Gasteiger partial charge on any atom is -0.455 e. The molecule has 554 valence electrons. The number of carbonyl (C=O) groups is 5. The summed E-state index contributed by atoms with van der Waals surface area (Å²) in [7, 11) is 0. The van der Waals surface area contributed by atoms with Crippen LogP contribution in [0.2, 0.25) is 0 Å². The summed E-state index contributed by atoms with van der Waals surface area (Å²) in [6.07, 6.45) is -37.4. The lowest BCUT2D eigenvalue weighted by atomic mass is 9.95. The largest absolute Gasteiger partial charge is 0.455 e. The van der Waals surface area contributed by atoms with Gasteiger partial charge in [-0.15, -0.1) is 0 Å². The van der Waals surface area contributed by atoms with Crippen LogP contribution in [-0.4, -0.2) is 266 Å². The minimum absolute atomic E-state index is 0.112. The summed E-state index contributed by atoms with van der Waals surface area (Å²) in [4.78, 5) is 68.8. The maximum Gasteiger partial charge on any atom is 0.333 e. The van der Waals surface area contributed by atoms with Gasteiger partial charge in [0.2, 0.25) is 0 Å². The second-order valence-corrected chi connectivity index (χ2v) is 26.4. The Labute approximate surface area is 561 Å². The number of esters is 5. The number of rotatable bonds is 19. The van der Waals surface area contributed by atoms with Crippen molar-refractivity contribution < 1.29 is 146 Å². The maximum atomic E-state index is 14.0. The molecule has 0 amide bonds. The molecule has 6 heterocycles. The van der Waals surface area contributed by atoms with E-state index in [-0.39, 0.29) is 24.8 Å². The number of carbonyl (C=O) groups excluding carboxylic acids is 5. The van der Waals surface area contributed by atoms with Gasteiger partial charge in [-0.25, -0.2) is 4.79 Å². The normalized spacial score (nSPS) is 40.3. The van der Waals surface area contributed by atoms with Crippen molar-refractivity contribution in [3.8, 4) is 0 Å². The third-order valence-electron chi connectivity index (χ3n) is 19.1. The monoisotopic (exact) mass is 1380 g/mol. The van der Waals surface area contributed by atoms with Gasteiger partial charge in [0.15, 0.2) is 62.0 Å². The highest BCUT2D eigenvalue weighted by Gasteiger charge is 2.60. The van der Waals surface area contributed by atoms with Crippen molar-refractivity contribution in [2.24, 2.45) is 17.8 Å². The highest BCUT2D eigenvalue weighted by atomic mass is 16.8. The van der Waals surface area contributed by atoms with Crippen LogP contribution in [0.25, 0.3) is 0 Å². The van der Waals surface area contributed by atoms with Crippen molar-refractivity contribution in [3.63, 3.8) is 0 Å². The first-order valence-electron chi connectivity index (χ1n) is 34.5. The van der Waals surface area contributed by atoms with Crippen LogP contribution >= 0.6 is 0 Å². The first-order chi connectivity index (χ1) is 45.6. The van der Waals surface area contributed by atoms with Crippen LogP contribution in [0.4, 0.5) is 0 Å². The molecule has 6 saturated heterocycles. The average Bonchev–Trinajstić information content (AvgIpc) is 0.769. The van der Waals surface area contributed by atoms with Gasteiger partial charge in [-0.3, -0.25) is 19.2 Å². The molecular formula is C66H110O30. The average molecular weight is 1380 g/mol. The Kier molecular flexibility index (Phi) is 32.9. The molecule has 0 aliphatic carbocycles. The van der Waals surface area contributed by atoms with Crippen LogP contribution in [0.3, 0.4) is 0 Å². The zero-order valence-electron chi connectivity index (χ0n) is 57.3. The molecule has 0 radical (unpaired) electrons. The van der Waals surface area contributed by atoms with Gasteiger partial charge in [-0.2, -0.15) is 0 Å². The highest BCUT2D eigenvalue weighted by molar-refractivity contribution is 5.87. The first kappa shape index (κ1) is 81.3. The molecular weight excluding hydrogens is 1270 g/mol. The predicted octanol–water partition coefficient (Wildman–Crippen LogP) is 1.46. The lowest BCUT2D eigenvalue weighted by molar-refractivity contribution is -0.410. The molecule has 30 nitrogen and oxygen atoms in total. The van der Waals surface area contributed by atoms with Gasteiger partial charge < -0.3 is 122 Å². The predicted molar refractivity (Wildman–Crippen MR) is 331 cm³/mol. The van der Waals surface area contributed by atoms with Crippen LogP contribution < -0.4 is 0 Å². The Morgan fingerprint density at radius 2 is 1.12 bits per heavy atom. The molecule has 6 aliphatic rings. The number of allylic oxidation sites excluding steroid dienone is 1. The second kappa shape index (κ2) is 38.9. The molecule has 0 aromatic rings. The molecule has 10 N–H and O–H groups in total. The Morgan fingerprint density at radius 1 is 0.552 bits per heavy atom. The van der Waals surface area contributed by atoms with E-state index in [4.69, 9.17) is 71.1 Å². The minimum atomic E-state index is -2.24. The molecule has 4 bridgehead atoms. The first-order valence-corrected chi connectivity index (χ1v) is 34.5. The van der Waals surface area contributed by atoms with E-state index in [0.29, 0.717) is 32.1 Å². The summed E-state index contributed by atoms with van der Waals surface area (Å²) in [5, 5.41) is 116. The van der Waals surface area contributed by atoms with Crippen LogP contribution in [0.5, 0.6) is 0 Å². The Balaban J connectivity index is 1.55. The van der Waals surface area contributed by atoms with E-state index in [1.165, 1.54) is 47.6 Å². The zero-order chi connectivity index (χ0) is 70.8. The molecule has 0 spiro atoms. The van der Waals surface area contributed by atoms with E-state index in [0.717, 1.165) is 44.9 Å². The number of ether oxygens (including phenoxy) is 15.